The molecule has 6 nitrogen and oxygen atoms in total. The SMILES string of the molecule is O=C(OCC(=O)N1CCc2ccccc2C1)c1ccc(OCC2CCCO2)cc1. The predicted molar refractivity (Wildman–Crippen MR) is 107 cm³/mol. The van der Waals surface area contributed by atoms with Crippen molar-refractivity contribution >= 4 is 11.9 Å². The van der Waals surface area contributed by atoms with Crippen molar-refractivity contribution in [2.45, 2.75) is 31.9 Å². The maximum absolute atomic E-state index is 12.4. The van der Waals surface area contributed by atoms with Crippen LogP contribution in [0, 0.1) is 0 Å². The molecule has 0 saturated carbocycles. The molecule has 1 amide bonds. The molecule has 1 atom stereocenters. The fraction of sp³-hybridized carbons (Fsp3) is 0.391. The Labute approximate surface area is 170 Å². The molecule has 29 heavy (non-hydrogen) atoms. The van der Waals surface area contributed by atoms with E-state index in [1.165, 1.54) is 5.56 Å². The van der Waals surface area contributed by atoms with E-state index in [9.17, 15) is 9.59 Å². The zero-order valence-corrected chi connectivity index (χ0v) is 16.3. The summed E-state index contributed by atoms with van der Waals surface area (Å²) < 4.78 is 16.4. The molecule has 0 spiro atoms. The molecule has 152 valence electrons. The minimum atomic E-state index is -0.513. The number of benzene rings is 2. The molecule has 2 aliphatic heterocycles. The monoisotopic (exact) mass is 395 g/mol. The maximum Gasteiger partial charge on any atom is 0.338 e. The van der Waals surface area contributed by atoms with Crippen LogP contribution in [-0.4, -0.2) is 49.2 Å². The van der Waals surface area contributed by atoms with Crippen molar-refractivity contribution in [3.05, 3.63) is 65.2 Å². The average Bonchev–Trinajstić information content (AvgIpc) is 3.29. The summed E-state index contributed by atoms with van der Waals surface area (Å²) in [6.07, 6.45) is 3.05. The third-order valence-electron chi connectivity index (χ3n) is 5.36. The molecule has 2 aromatic rings. The first-order valence-corrected chi connectivity index (χ1v) is 10.1. The van der Waals surface area contributed by atoms with Crippen molar-refractivity contribution in [2.75, 3.05) is 26.4 Å². The second-order valence-electron chi connectivity index (χ2n) is 7.38. The molecule has 2 aromatic carbocycles. The van der Waals surface area contributed by atoms with Gasteiger partial charge in [0.15, 0.2) is 6.61 Å². The van der Waals surface area contributed by atoms with Crippen LogP contribution in [0.4, 0.5) is 0 Å². The lowest BCUT2D eigenvalue weighted by Gasteiger charge is -2.28. The van der Waals surface area contributed by atoms with Crippen LogP contribution in [0.3, 0.4) is 0 Å². The highest BCUT2D eigenvalue weighted by Gasteiger charge is 2.21. The highest BCUT2D eigenvalue weighted by Crippen LogP contribution is 2.19. The maximum atomic E-state index is 12.4. The number of rotatable bonds is 6. The van der Waals surface area contributed by atoms with Gasteiger partial charge >= 0.3 is 5.97 Å². The number of hydrogen-bond donors (Lipinski definition) is 0. The number of esters is 1. The van der Waals surface area contributed by atoms with Crippen LogP contribution in [0.25, 0.3) is 0 Å². The van der Waals surface area contributed by atoms with Gasteiger partial charge in [0.2, 0.25) is 0 Å². The summed E-state index contributed by atoms with van der Waals surface area (Å²) in [6, 6.07) is 14.9. The van der Waals surface area contributed by atoms with Crippen molar-refractivity contribution in [2.24, 2.45) is 0 Å². The Kier molecular flexibility index (Phi) is 6.10. The molecule has 6 heteroatoms. The van der Waals surface area contributed by atoms with Gasteiger partial charge in [-0.1, -0.05) is 24.3 Å². The molecular formula is C23H25NO5. The van der Waals surface area contributed by atoms with Gasteiger partial charge in [0.05, 0.1) is 11.7 Å². The van der Waals surface area contributed by atoms with E-state index in [4.69, 9.17) is 14.2 Å². The minimum Gasteiger partial charge on any atom is -0.491 e. The lowest BCUT2D eigenvalue weighted by atomic mass is 10.00. The van der Waals surface area contributed by atoms with Crippen molar-refractivity contribution in [1.82, 2.24) is 4.90 Å². The Bertz CT molecular complexity index is 858. The molecule has 0 N–H and O–H groups in total. The first kappa shape index (κ1) is 19.5. The van der Waals surface area contributed by atoms with E-state index in [1.807, 2.05) is 18.2 Å². The number of fused-ring (bicyclic) bond motifs is 1. The van der Waals surface area contributed by atoms with Gasteiger partial charge in [-0.3, -0.25) is 4.79 Å². The van der Waals surface area contributed by atoms with E-state index in [2.05, 4.69) is 6.07 Å². The van der Waals surface area contributed by atoms with Gasteiger partial charge in [-0.25, -0.2) is 4.79 Å². The van der Waals surface area contributed by atoms with Crippen molar-refractivity contribution < 1.29 is 23.8 Å². The zero-order chi connectivity index (χ0) is 20.1. The molecule has 0 bridgehead atoms. The van der Waals surface area contributed by atoms with Gasteiger partial charge in [-0.15, -0.1) is 0 Å². The van der Waals surface area contributed by atoms with Crippen molar-refractivity contribution in [3.8, 4) is 5.75 Å². The second kappa shape index (κ2) is 9.09. The summed E-state index contributed by atoms with van der Waals surface area (Å²) in [4.78, 5) is 26.4. The smallest absolute Gasteiger partial charge is 0.338 e. The van der Waals surface area contributed by atoms with E-state index < -0.39 is 5.97 Å². The van der Waals surface area contributed by atoms with Gasteiger partial charge in [0, 0.05) is 19.7 Å². The Balaban J connectivity index is 1.24. The third-order valence-corrected chi connectivity index (χ3v) is 5.36. The van der Waals surface area contributed by atoms with Crippen LogP contribution in [0.15, 0.2) is 48.5 Å². The summed E-state index contributed by atoms with van der Waals surface area (Å²) >= 11 is 0. The number of carbonyl (C=O) groups is 2. The molecule has 0 aromatic heterocycles. The number of ether oxygens (including phenoxy) is 3. The van der Waals surface area contributed by atoms with Gasteiger partial charge in [-0.05, 0) is 54.7 Å². The minimum absolute atomic E-state index is 0.146. The van der Waals surface area contributed by atoms with Crippen molar-refractivity contribution in [3.63, 3.8) is 0 Å². The van der Waals surface area contributed by atoms with E-state index in [0.29, 0.717) is 31.0 Å². The Morgan fingerprint density at radius 1 is 1.07 bits per heavy atom. The van der Waals surface area contributed by atoms with E-state index in [0.717, 1.165) is 31.4 Å². The fourth-order valence-corrected chi connectivity index (χ4v) is 3.66. The lowest BCUT2D eigenvalue weighted by molar-refractivity contribution is -0.135. The van der Waals surface area contributed by atoms with Crippen molar-refractivity contribution in [1.29, 1.82) is 0 Å². The molecular weight excluding hydrogens is 370 g/mol. The molecule has 4 rings (SSSR count). The third kappa shape index (κ3) is 4.95. The van der Waals surface area contributed by atoms with Crippen LogP contribution < -0.4 is 4.74 Å². The summed E-state index contributed by atoms with van der Waals surface area (Å²) in [5, 5.41) is 0. The van der Waals surface area contributed by atoms with E-state index in [1.54, 1.807) is 29.2 Å². The lowest BCUT2D eigenvalue weighted by Crippen LogP contribution is -2.38. The highest BCUT2D eigenvalue weighted by atomic mass is 16.5. The molecule has 1 fully saturated rings. The predicted octanol–water partition coefficient (Wildman–Crippen LogP) is 2.99. The number of carbonyl (C=O) groups excluding carboxylic acids is 2. The molecule has 0 radical (unpaired) electrons. The average molecular weight is 395 g/mol. The van der Waals surface area contributed by atoms with Crippen LogP contribution in [0.2, 0.25) is 0 Å². The first-order valence-electron chi connectivity index (χ1n) is 10.1. The van der Waals surface area contributed by atoms with Crippen LogP contribution >= 0.6 is 0 Å². The topological polar surface area (TPSA) is 65.1 Å². The molecule has 0 aliphatic carbocycles. The number of nitrogens with zero attached hydrogens (tertiary/aromatic N) is 1. The highest BCUT2D eigenvalue weighted by molar-refractivity contribution is 5.91. The fourth-order valence-electron chi connectivity index (χ4n) is 3.66. The van der Waals surface area contributed by atoms with E-state index in [-0.39, 0.29) is 18.6 Å². The number of hydrogen-bond acceptors (Lipinski definition) is 5. The Hall–Kier alpha value is -2.86. The number of amides is 1. The molecule has 2 heterocycles. The molecule has 2 aliphatic rings. The molecule has 1 saturated heterocycles. The summed E-state index contributed by atoms with van der Waals surface area (Å²) in [5.41, 5.74) is 2.82. The van der Waals surface area contributed by atoms with Gasteiger partial charge < -0.3 is 19.1 Å². The normalized spacial score (nSPS) is 18.2. The van der Waals surface area contributed by atoms with E-state index >= 15 is 0 Å². The first-order chi connectivity index (χ1) is 14.2. The standard InChI is InChI=1S/C23H25NO5/c25-22(24-12-11-17-4-1-2-5-19(17)14-24)16-29-23(26)18-7-9-20(10-8-18)28-15-21-6-3-13-27-21/h1-2,4-5,7-10,21H,3,6,11-16H2. The van der Waals surface area contributed by atoms with Gasteiger partial charge in [0.1, 0.15) is 12.4 Å². The van der Waals surface area contributed by atoms with Crippen LogP contribution in [0.1, 0.15) is 34.3 Å². The largest absolute Gasteiger partial charge is 0.491 e. The quantitative estimate of drug-likeness (QED) is 0.704. The summed E-state index contributed by atoms with van der Waals surface area (Å²) in [5.74, 6) is -0.00841. The second-order valence-corrected chi connectivity index (χ2v) is 7.38. The summed E-state index contributed by atoms with van der Waals surface area (Å²) in [7, 11) is 0. The van der Waals surface area contributed by atoms with Gasteiger partial charge in [-0.2, -0.15) is 0 Å². The van der Waals surface area contributed by atoms with Gasteiger partial charge in [0.25, 0.3) is 5.91 Å². The Morgan fingerprint density at radius 3 is 2.62 bits per heavy atom. The zero-order valence-electron chi connectivity index (χ0n) is 16.3. The van der Waals surface area contributed by atoms with Crippen LogP contribution in [0.5, 0.6) is 5.75 Å². The Morgan fingerprint density at radius 2 is 1.86 bits per heavy atom. The van der Waals surface area contributed by atoms with Crippen LogP contribution in [-0.2, 0) is 27.2 Å². The summed E-state index contributed by atoms with van der Waals surface area (Å²) in [6.45, 7) is 2.25. The molecule has 1 unspecified atom stereocenters.